The first kappa shape index (κ1) is 15.4. The second-order valence-electron chi connectivity index (χ2n) is 5.04. The van der Waals surface area contributed by atoms with Crippen LogP contribution in [0, 0.1) is 6.92 Å². The summed E-state index contributed by atoms with van der Waals surface area (Å²) in [6.07, 6.45) is 4.86. The standard InChI is InChI=1S/C13H23BrN4S/c1-3-18-11(13(14)9(2)17-18)8-10(16-15)12-6-4-5-7-19-12/h10,12,16H,3-8,15H2,1-2H3. The Morgan fingerprint density at radius 3 is 2.95 bits per heavy atom. The molecular formula is C13H23BrN4S. The molecule has 0 bridgehead atoms. The zero-order valence-electron chi connectivity index (χ0n) is 11.7. The van der Waals surface area contributed by atoms with Crippen LogP contribution in [-0.2, 0) is 13.0 Å². The first-order chi connectivity index (χ1) is 9.17. The average Bonchev–Trinajstić information content (AvgIpc) is 2.72. The van der Waals surface area contributed by atoms with Crippen molar-refractivity contribution < 1.29 is 0 Å². The first-order valence-corrected chi connectivity index (χ1v) is 8.81. The third kappa shape index (κ3) is 3.54. The summed E-state index contributed by atoms with van der Waals surface area (Å²) in [6, 6.07) is 0.322. The molecule has 1 saturated heterocycles. The molecule has 19 heavy (non-hydrogen) atoms. The molecule has 0 aliphatic carbocycles. The minimum absolute atomic E-state index is 0.322. The highest BCUT2D eigenvalue weighted by atomic mass is 79.9. The van der Waals surface area contributed by atoms with Crippen LogP contribution in [0.1, 0.15) is 37.6 Å². The van der Waals surface area contributed by atoms with Gasteiger partial charge in [-0.2, -0.15) is 16.9 Å². The molecule has 1 aliphatic rings. The van der Waals surface area contributed by atoms with E-state index >= 15 is 0 Å². The number of nitrogens with one attached hydrogen (secondary N) is 1. The normalized spacial score (nSPS) is 21.6. The minimum atomic E-state index is 0.322. The molecule has 3 N–H and O–H groups in total. The summed E-state index contributed by atoms with van der Waals surface area (Å²) in [4.78, 5) is 0. The van der Waals surface area contributed by atoms with Gasteiger partial charge in [-0.1, -0.05) is 6.42 Å². The Morgan fingerprint density at radius 1 is 1.58 bits per heavy atom. The second-order valence-corrected chi connectivity index (χ2v) is 7.18. The van der Waals surface area contributed by atoms with Crippen LogP contribution in [0.2, 0.25) is 0 Å². The Hall–Kier alpha value is -0.0400. The molecule has 0 radical (unpaired) electrons. The summed E-state index contributed by atoms with van der Waals surface area (Å²) >= 11 is 5.72. The van der Waals surface area contributed by atoms with Crippen molar-refractivity contribution in [3.05, 3.63) is 15.9 Å². The zero-order valence-corrected chi connectivity index (χ0v) is 14.1. The fraction of sp³-hybridized carbons (Fsp3) is 0.769. The van der Waals surface area contributed by atoms with Gasteiger partial charge in [0.1, 0.15) is 0 Å². The third-order valence-corrected chi connectivity index (χ3v) is 6.29. The van der Waals surface area contributed by atoms with Crippen LogP contribution in [0.5, 0.6) is 0 Å². The number of hydrazine groups is 1. The highest BCUT2D eigenvalue weighted by molar-refractivity contribution is 9.10. The fourth-order valence-corrected chi connectivity index (χ4v) is 4.51. The van der Waals surface area contributed by atoms with Crippen LogP contribution < -0.4 is 11.3 Å². The Kier molecular flexibility index (Phi) is 5.74. The zero-order chi connectivity index (χ0) is 13.8. The van der Waals surface area contributed by atoms with Gasteiger partial charge < -0.3 is 0 Å². The molecule has 1 aromatic heterocycles. The van der Waals surface area contributed by atoms with Crippen LogP contribution in [-0.4, -0.2) is 26.8 Å². The third-order valence-electron chi connectivity index (χ3n) is 3.74. The molecular weight excluding hydrogens is 324 g/mol. The van der Waals surface area contributed by atoms with E-state index < -0.39 is 0 Å². The maximum atomic E-state index is 5.79. The van der Waals surface area contributed by atoms with Crippen molar-refractivity contribution in [2.75, 3.05) is 5.75 Å². The van der Waals surface area contributed by atoms with Crippen LogP contribution >= 0.6 is 27.7 Å². The molecule has 2 atom stereocenters. The van der Waals surface area contributed by atoms with E-state index in [1.54, 1.807) is 0 Å². The largest absolute Gasteiger partial charge is 0.271 e. The van der Waals surface area contributed by atoms with Gasteiger partial charge in [-0.15, -0.1) is 0 Å². The lowest BCUT2D eigenvalue weighted by molar-refractivity contribution is 0.456. The van der Waals surface area contributed by atoms with E-state index in [0.717, 1.165) is 23.1 Å². The topological polar surface area (TPSA) is 55.9 Å². The molecule has 6 heteroatoms. The summed E-state index contributed by atoms with van der Waals surface area (Å²) < 4.78 is 3.22. The molecule has 1 aliphatic heterocycles. The van der Waals surface area contributed by atoms with E-state index in [4.69, 9.17) is 5.84 Å². The molecule has 0 amide bonds. The number of nitrogens with two attached hydrogens (primary N) is 1. The number of halogens is 1. The van der Waals surface area contributed by atoms with Crippen molar-refractivity contribution in [1.82, 2.24) is 15.2 Å². The van der Waals surface area contributed by atoms with E-state index in [9.17, 15) is 0 Å². The monoisotopic (exact) mass is 346 g/mol. The van der Waals surface area contributed by atoms with Gasteiger partial charge in [0, 0.05) is 24.3 Å². The lowest BCUT2D eigenvalue weighted by Crippen LogP contribution is -2.45. The van der Waals surface area contributed by atoms with E-state index in [1.807, 2.05) is 6.92 Å². The van der Waals surface area contributed by atoms with E-state index in [1.165, 1.54) is 30.7 Å². The van der Waals surface area contributed by atoms with Gasteiger partial charge in [0.2, 0.25) is 0 Å². The summed E-state index contributed by atoms with van der Waals surface area (Å²) in [5.41, 5.74) is 5.34. The highest BCUT2D eigenvalue weighted by Crippen LogP contribution is 2.30. The molecule has 4 nitrogen and oxygen atoms in total. The molecule has 2 rings (SSSR count). The van der Waals surface area contributed by atoms with Gasteiger partial charge in [0.15, 0.2) is 0 Å². The first-order valence-electron chi connectivity index (χ1n) is 6.96. The maximum absolute atomic E-state index is 5.79. The Bertz CT molecular complexity index is 415. The molecule has 2 unspecified atom stereocenters. The summed E-state index contributed by atoms with van der Waals surface area (Å²) in [7, 11) is 0. The quantitative estimate of drug-likeness (QED) is 0.635. The van der Waals surface area contributed by atoms with Gasteiger partial charge in [-0.25, -0.2) is 0 Å². The summed E-state index contributed by atoms with van der Waals surface area (Å²) in [5.74, 6) is 7.05. The predicted molar refractivity (Wildman–Crippen MR) is 85.3 cm³/mol. The Labute approximate surface area is 128 Å². The number of aryl methyl sites for hydroxylation is 2. The van der Waals surface area contributed by atoms with Crippen molar-refractivity contribution in [2.45, 2.75) is 57.4 Å². The Balaban J connectivity index is 2.13. The van der Waals surface area contributed by atoms with Crippen molar-refractivity contribution in [3.63, 3.8) is 0 Å². The van der Waals surface area contributed by atoms with Crippen LogP contribution in [0.25, 0.3) is 0 Å². The van der Waals surface area contributed by atoms with Crippen molar-refractivity contribution in [3.8, 4) is 0 Å². The Morgan fingerprint density at radius 2 is 2.37 bits per heavy atom. The van der Waals surface area contributed by atoms with Gasteiger partial charge in [0.05, 0.1) is 15.9 Å². The van der Waals surface area contributed by atoms with Crippen LogP contribution in [0.15, 0.2) is 4.47 Å². The van der Waals surface area contributed by atoms with Gasteiger partial charge in [0.25, 0.3) is 0 Å². The molecule has 0 spiro atoms. The lowest BCUT2D eigenvalue weighted by Gasteiger charge is -2.29. The number of hydrogen-bond donors (Lipinski definition) is 2. The van der Waals surface area contributed by atoms with Crippen LogP contribution in [0.4, 0.5) is 0 Å². The molecule has 1 fully saturated rings. The van der Waals surface area contributed by atoms with Crippen molar-refractivity contribution >= 4 is 27.7 Å². The lowest BCUT2D eigenvalue weighted by atomic mass is 10.0. The van der Waals surface area contributed by atoms with E-state index in [2.05, 4.69) is 49.8 Å². The molecule has 2 heterocycles. The molecule has 0 saturated carbocycles. The highest BCUT2D eigenvalue weighted by Gasteiger charge is 2.26. The smallest absolute Gasteiger partial charge is 0.0738 e. The molecule has 108 valence electrons. The number of hydrogen-bond acceptors (Lipinski definition) is 4. The second kappa shape index (κ2) is 7.11. The number of nitrogens with zero attached hydrogens (tertiary/aromatic N) is 2. The number of rotatable bonds is 5. The van der Waals surface area contributed by atoms with E-state index in [0.29, 0.717) is 11.3 Å². The van der Waals surface area contributed by atoms with Gasteiger partial charge >= 0.3 is 0 Å². The number of aromatic nitrogens is 2. The van der Waals surface area contributed by atoms with Crippen molar-refractivity contribution in [1.29, 1.82) is 0 Å². The maximum Gasteiger partial charge on any atom is 0.0738 e. The van der Waals surface area contributed by atoms with Crippen molar-refractivity contribution in [2.24, 2.45) is 5.84 Å². The number of thioether (sulfide) groups is 1. The minimum Gasteiger partial charge on any atom is -0.271 e. The van der Waals surface area contributed by atoms with Gasteiger partial charge in [-0.05, 0) is 48.4 Å². The fourth-order valence-electron chi connectivity index (χ4n) is 2.65. The molecule has 1 aromatic rings. The average molecular weight is 347 g/mol. The van der Waals surface area contributed by atoms with E-state index in [-0.39, 0.29) is 0 Å². The SMILES string of the molecule is CCn1nc(C)c(Br)c1CC(NN)C1CCCCS1. The summed E-state index contributed by atoms with van der Waals surface area (Å²) in [5, 5.41) is 5.17. The predicted octanol–water partition coefficient (Wildman–Crippen LogP) is 2.63. The van der Waals surface area contributed by atoms with Gasteiger partial charge in [-0.3, -0.25) is 16.0 Å². The molecule has 0 aromatic carbocycles. The summed E-state index contributed by atoms with van der Waals surface area (Å²) in [6.45, 7) is 5.07. The van der Waals surface area contributed by atoms with Crippen LogP contribution in [0.3, 0.4) is 0 Å².